The molecular formula is C7H13N. The molecule has 0 unspecified atom stereocenters. The van der Waals surface area contributed by atoms with Crippen molar-refractivity contribution < 1.29 is 0 Å². The fourth-order valence-corrected chi connectivity index (χ4v) is 1.08. The van der Waals surface area contributed by atoms with Crippen molar-refractivity contribution in [1.82, 2.24) is 5.32 Å². The molecule has 0 aliphatic carbocycles. The van der Waals surface area contributed by atoms with Gasteiger partial charge in [-0.1, -0.05) is 6.08 Å². The quantitative estimate of drug-likeness (QED) is 0.501. The van der Waals surface area contributed by atoms with E-state index in [9.17, 15) is 0 Å². The lowest BCUT2D eigenvalue weighted by molar-refractivity contribution is 0.439. The molecule has 1 atom stereocenters. The summed E-state index contributed by atoms with van der Waals surface area (Å²) in [5, 5.41) is 3.31. The van der Waals surface area contributed by atoms with Gasteiger partial charge in [0.2, 0.25) is 0 Å². The first-order valence-electron chi connectivity index (χ1n) is 3.27. The molecule has 1 fully saturated rings. The number of hydrogen-bond acceptors (Lipinski definition) is 1. The van der Waals surface area contributed by atoms with Gasteiger partial charge in [-0.2, -0.15) is 0 Å². The standard InChI is InChI=1S/C7H13N/c1-2-7-4-3-5-8-6-7/h2,7-8H,1,3-6H2/t7-/m1/s1. The van der Waals surface area contributed by atoms with Gasteiger partial charge < -0.3 is 5.32 Å². The fourth-order valence-electron chi connectivity index (χ4n) is 1.08. The zero-order chi connectivity index (χ0) is 5.82. The van der Waals surface area contributed by atoms with E-state index in [1.54, 1.807) is 0 Å². The predicted molar refractivity (Wildman–Crippen MR) is 35.8 cm³/mol. The summed E-state index contributed by atoms with van der Waals surface area (Å²) in [4.78, 5) is 0. The van der Waals surface area contributed by atoms with Crippen LogP contribution in [0.4, 0.5) is 0 Å². The molecule has 0 bridgehead atoms. The molecule has 1 heteroatoms. The minimum absolute atomic E-state index is 0.740. The minimum atomic E-state index is 0.740. The first kappa shape index (κ1) is 5.83. The predicted octanol–water partition coefficient (Wildman–Crippen LogP) is 1.17. The van der Waals surface area contributed by atoms with Gasteiger partial charge >= 0.3 is 0 Å². The van der Waals surface area contributed by atoms with Crippen molar-refractivity contribution in [2.75, 3.05) is 13.1 Å². The van der Waals surface area contributed by atoms with E-state index in [1.807, 2.05) is 6.08 Å². The number of rotatable bonds is 1. The molecule has 1 nitrogen and oxygen atoms in total. The van der Waals surface area contributed by atoms with Crippen LogP contribution in [0.15, 0.2) is 12.7 Å². The summed E-state index contributed by atoms with van der Waals surface area (Å²) in [6.07, 6.45) is 4.69. The van der Waals surface area contributed by atoms with E-state index in [-0.39, 0.29) is 0 Å². The van der Waals surface area contributed by atoms with Crippen LogP contribution in [0.3, 0.4) is 0 Å². The summed E-state index contributed by atoms with van der Waals surface area (Å²) in [6, 6.07) is 0. The molecule has 8 heavy (non-hydrogen) atoms. The lowest BCUT2D eigenvalue weighted by atomic mass is 10.0. The maximum Gasteiger partial charge on any atom is 0.00141 e. The third-order valence-electron chi connectivity index (χ3n) is 1.67. The second kappa shape index (κ2) is 2.88. The number of piperidine rings is 1. The van der Waals surface area contributed by atoms with Crippen molar-refractivity contribution in [2.45, 2.75) is 12.8 Å². The van der Waals surface area contributed by atoms with Crippen LogP contribution in [0.5, 0.6) is 0 Å². The maximum atomic E-state index is 3.74. The van der Waals surface area contributed by atoms with E-state index >= 15 is 0 Å². The zero-order valence-corrected chi connectivity index (χ0v) is 5.19. The second-order valence-electron chi connectivity index (χ2n) is 2.34. The SMILES string of the molecule is C=C[C@@H]1CCCNC1. The van der Waals surface area contributed by atoms with Gasteiger partial charge in [-0.25, -0.2) is 0 Å². The number of hydrogen-bond donors (Lipinski definition) is 1. The molecule has 0 aromatic rings. The topological polar surface area (TPSA) is 12.0 Å². The van der Waals surface area contributed by atoms with Crippen LogP contribution in [-0.2, 0) is 0 Å². The smallest absolute Gasteiger partial charge is 0.00141 e. The first-order valence-corrected chi connectivity index (χ1v) is 3.27. The summed E-state index contributed by atoms with van der Waals surface area (Å²) in [6.45, 7) is 6.09. The summed E-state index contributed by atoms with van der Waals surface area (Å²) in [5.41, 5.74) is 0. The van der Waals surface area contributed by atoms with Crippen LogP contribution in [0, 0.1) is 5.92 Å². The highest BCUT2D eigenvalue weighted by atomic mass is 14.9. The molecule has 1 heterocycles. The largest absolute Gasteiger partial charge is 0.316 e. The molecule has 0 spiro atoms. The molecule has 0 aromatic heterocycles. The van der Waals surface area contributed by atoms with Gasteiger partial charge in [0.05, 0.1) is 0 Å². The Labute approximate surface area is 50.8 Å². The van der Waals surface area contributed by atoms with E-state index in [4.69, 9.17) is 0 Å². The van der Waals surface area contributed by atoms with E-state index < -0.39 is 0 Å². The van der Waals surface area contributed by atoms with Crippen LogP contribution in [0.2, 0.25) is 0 Å². The van der Waals surface area contributed by atoms with Crippen LogP contribution >= 0.6 is 0 Å². The van der Waals surface area contributed by atoms with Crippen molar-refractivity contribution in [1.29, 1.82) is 0 Å². The van der Waals surface area contributed by atoms with Gasteiger partial charge in [0.1, 0.15) is 0 Å². The van der Waals surface area contributed by atoms with E-state index in [1.165, 1.54) is 19.4 Å². The Bertz CT molecular complexity index is 72.5. The molecule has 1 aliphatic heterocycles. The molecule has 1 saturated heterocycles. The third-order valence-corrected chi connectivity index (χ3v) is 1.67. The normalized spacial score (nSPS) is 29.8. The second-order valence-corrected chi connectivity index (χ2v) is 2.34. The Hall–Kier alpha value is -0.300. The summed E-state index contributed by atoms with van der Waals surface area (Å²) >= 11 is 0. The van der Waals surface area contributed by atoms with E-state index in [0.29, 0.717) is 0 Å². The van der Waals surface area contributed by atoms with Crippen LogP contribution < -0.4 is 5.32 Å². The molecule has 0 saturated carbocycles. The van der Waals surface area contributed by atoms with Crippen molar-refractivity contribution in [3.8, 4) is 0 Å². The zero-order valence-electron chi connectivity index (χ0n) is 5.19. The van der Waals surface area contributed by atoms with Crippen molar-refractivity contribution in [3.63, 3.8) is 0 Å². The monoisotopic (exact) mass is 111 g/mol. The van der Waals surface area contributed by atoms with Crippen molar-refractivity contribution >= 4 is 0 Å². The Morgan fingerprint density at radius 1 is 1.62 bits per heavy atom. The molecular weight excluding hydrogens is 98.1 g/mol. The first-order chi connectivity index (χ1) is 3.93. The van der Waals surface area contributed by atoms with Crippen LogP contribution in [0.1, 0.15) is 12.8 Å². The highest BCUT2D eigenvalue weighted by molar-refractivity contribution is 4.83. The van der Waals surface area contributed by atoms with Crippen LogP contribution in [0.25, 0.3) is 0 Å². The average molecular weight is 111 g/mol. The molecule has 1 aliphatic rings. The lowest BCUT2D eigenvalue weighted by Gasteiger charge is -2.18. The van der Waals surface area contributed by atoms with Gasteiger partial charge in [0, 0.05) is 6.54 Å². The fraction of sp³-hybridized carbons (Fsp3) is 0.714. The van der Waals surface area contributed by atoms with Crippen molar-refractivity contribution in [2.24, 2.45) is 5.92 Å². The van der Waals surface area contributed by atoms with E-state index in [2.05, 4.69) is 11.9 Å². The summed E-state index contributed by atoms with van der Waals surface area (Å²) in [5.74, 6) is 0.740. The minimum Gasteiger partial charge on any atom is -0.316 e. The Morgan fingerprint density at radius 3 is 2.88 bits per heavy atom. The summed E-state index contributed by atoms with van der Waals surface area (Å²) in [7, 11) is 0. The van der Waals surface area contributed by atoms with E-state index in [0.717, 1.165) is 12.5 Å². The molecule has 0 radical (unpaired) electrons. The third kappa shape index (κ3) is 1.34. The maximum absolute atomic E-state index is 3.74. The lowest BCUT2D eigenvalue weighted by Crippen LogP contribution is -2.28. The Kier molecular flexibility index (Phi) is 2.10. The van der Waals surface area contributed by atoms with Gasteiger partial charge in [-0.3, -0.25) is 0 Å². The number of nitrogens with one attached hydrogen (secondary N) is 1. The van der Waals surface area contributed by atoms with Crippen LogP contribution in [-0.4, -0.2) is 13.1 Å². The van der Waals surface area contributed by atoms with Gasteiger partial charge in [-0.15, -0.1) is 6.58 Å². The summed E-state index contributed by atoms with van der Waals surface area (Å²) < 4.78 is 0. The van der Waals surface area contributed by atoms with Gasteiger partial charge in [0.25, 0.3) is 0 Å². The van der Waals surface area contributed by atoms with Gasteiger partial charge in [0.15, 0.2) is 0 Å². The highest BCUT2D eigenvalue weighted by Gasteiger charge is 2.06. The molecule has 0 aromatic carbocycles. The van der Waals surface area contributed by atoms with Gasteiger partial charge in [-0.05, 0) is 25.3 Å². The highest BCUT2D eigenvalue weighted by Crippen LogP contribution is 2.09. The molecule has 1 rings (SSSR count). The molecule has 46 valence electrons. The Balaban J connectivity index is 2.22. The Morgan fingerprint density at radius 2 is 2.50 bits per heavy atom. The van der Waals surface area contributed by atoms with Crippen molar-refractivity contribution in [3.05, 3.63) is 12.7 Å². The molecule has 1 N–H and O–H groups in total. The molecule has 0 amide bonds. The average Bonchev–Trinajstić information content (AvgIpc) is 1.90.